The van der Waals surface area contributed by atoms with Crippen LogP contribution in [0.15, 0.2) is 40.4 Å². The minimum Gasteiger partial charge on any atom is -0.313 e. The maximum absolute atomic E-state index is 12.8. The SMILES string of the molecule is O=c1[nH]cnc2c(=O)n(CC3CCCCC3)nc(-c3cccnc3)c12. The standard InChI is InChI=1S/C18H19N5O2/c24-17-14-15(13-7-4-8-19-9-13)22-23(10-12-5-2-1-3-6-12)18(25)16(14)20-11-21-17/h4,7-9,11-12H,1-3,5-6,10H2,(H,20,21,24). The summed E-state index contributed by atoms with van der Waals surface area (Å²) in [6.07, 6.45) is 10.4. The van der Waals surface area contributed by atoms with Crippen LogP contribution in [0.3, 0.4) is 0 Å². The Kier molecular flexibility index (Phi) is 4.13. The Morgan fingerprint density at radius 3 is 2.80 bits per heavy atom. The van der Waals surface area contributed by atoms with Gasteiger partial charge in [0.25, 0.3) is 11.1 Å². The van der Waals surface area contributed by atoms with Crippen LogP contribution in [0, 0.1) is 5.92 Å². The Morgan fingerprint density at radius 2 is 2.04 bits per heavy atom. The fraction of sp³-hybridized carbons (Fsp3) is 0.389. The molecule has 3 heterocycles. The highest BCUT2D eigenvalue weighted by Gasteiger charge is 2.20. The molecule has 0 aromatic carbocycles. The lowest BCUT2D eigenvalue weighted by molar-refractivity contribution is 0.304. The van der Waals surface area contributed by atoms with E-state index in [9.17, 15) is 9.59 Å². The van der Waals surface area contributed by atoms with Crippen LogP contribution in [0.4, 0.5) is 0 Å². The molecule has 3 aromatic rings. The smallest absolute Gasteiger partial charge is 0.293 e. The lowest BCUT2D eigenvalue weighted by Gasteiger charge is -2.22. The van der Waals surface area contributed by atoms with Crippen molar-refractivity contribution in [1.29, 1.82) is 0 Å². The number of rotatable bonds is 3. The van der Waals surface area contributed by atoms with Crippen LogP contribution in [0.5, 0.6) is 0 Å². The molecular weight excluding hydrogens is 318 g/mol. The van der Waals surface area contributed by atoms with Crippen LogP contribution in [-0.2, 0) is 6.54 Å². The molecule has 0 saturated heterocycles. The number of H-pyrrole nitrogens is 1. The molecule has 4 rings (SSSR count). The lowest BCUT2D eigenvalue weighted by Crippen LogP contribution is -2.30. The van der Waals surface area contributed by atoms with Gasteiger partial charge in [0.05, 0.1) is 11.7 Å². The minimum atomic E-state index is -0.363. The second-order valence-corrected chi connectivity index (χ2v) is 6.54. The third-order valence-corrected chi connectivity index (χ3v) is 4.84. The molecule has 3 aromatic heterocycles. The molecule has 25 heavy (non-hydrogen) atoms. The zero-order valence-corrected chi connectivity index (χ0v) is 13.8. The highest BCUT2D eigenvalue weighted by molar-refractivity contribution is 5.90. The van der Waals surface area contributed by atoms with Crippen molar-refractivity contribution < 1.29 is 0 Å². The number of fused-ring (bicyclic) bond motifs is 1. The monoisotopic (exact) mass is 337 g/mol. The van der Waals surface area contributed by atoms with Crippen LogP contribution in [0.1, 0.15) is 32.1 Å². The number of pyridine rings is 1. The van der Waals surface area contributed by atoms with Crippen LogP contribution in [-0.4, -0.2) is 24.7 Å². The predicted molar refractivity (Wildman–Crippen MR) is 94.2 cm³/mol. The van der Waals surface area contributed by atoms with Gasteiger partial charge in [-0.1, -0.05) is 19.3 Å². The summed E-state index contributed by atoms with van der Waals surface area (Å²) < 4.78 is 1.48. The van der Waals surface area contributed by atoms with Crippen molar-refractivity contribution in [3.8, 4) is 11.3 Å². The van der Waals surface area contributed by atoms with Gasteiger partial charge in [0, 0.05) is 24.5 Å². The third-order valence-electron chi connectivity index (χ3n) is 4.84. The van der Waals surface area contributed by atoms with Crippen LogP contribution in [0.25, 0.3) is 22.2 Å². The quantitative estimate of drug-likeness (QED) is 0.790. The van der Waals surface area contributed by atoms with E-state index in [2.05, 4.69) is 20.1 Å². The average Bonchev–Trinajstić information content (AvgIpc) is 2.66. The highest BCUT2D eigenvalue weighted by atomic mass is 16.1. The van der Waals surface area contributed by atoms with Gasteiger partial charge < -0.3 is 4.98 Å². The number of aromatic amines is 1. The van der Waals surface area contributed by atoms with E-state index < -0.39 is 0 Å². The average molecular weight is 337 g/mol. The zero-order chi connectivity index (χ0) is 17.2. The number of hydrogen-bond donors (Lipinski definition) is 1. The van der Waals surface area contributed by atoms with Crippen LogP contribution >= 0.6 is 0 Å². The van der Waals surface area contributed by atoms with Crippen molar-refractivity contribution in [2.75, 3.05) is 0 Å². The molecule has 0 atom stereocenters. The first-order valence-corrected chi connectivity index (χ1v) is 8.63. The predicted octanol–water partition coefficient (Wildman–Crippen LogP) is 2.12. The Morgan fingerprint density at radius 1 is 1.20 bits per heavy atom. The molecule has 1 saturated carbocycles. The Hall–Kier alpha value is -2.83. The summed E-state index contributed by atoms with van der Waals surface area (Å²) in [4.78, 5) is 35.9. The van der Waals surface area contributed by atoms with E-state index in [0.717, 1.165) is 12.8 Å². The number of hydrogen-bond acceptors (Lipinski definition) is 5. The summed E-state index contributed by atoms with van der Waals surface area (Å²) in [7, 11) is 0. The van der Waals surface area contributed by atoms with Crippen LogP contribution in [0.2, 0.25) is 0 Å². The maximum Gasteiger partial charge on any atom is 0.293 e. The molecule has 128 valence electrons. The van der Waals surface area contributed by atoms with Crippen molar-refractivity contribution in [2.24, 2.45) is 5.92 Å². The summed E-state index contributed by atoms with van der Waals surface area (Å²) in [5.74, 6) is 0.445. The minimum absolute atomic E-state index is 0.161. The molecular formula is C18H19N5O2. The molecule has 1 aliphatic rings. The molecule has 1 N–H and O–H groups in total. The fourth-order valence-electron chi connectivity index (χ4n) is 3.56. The van der Waals surface area contributed by atoms with Crippen molar-refractivity contribution in [3.63, 3.8) is 0 Å². The maximum atomic E-state index is 12.8. The molecule has 0 unspecified atom stereocenters. The van der Waals surface area contributed by atoms with Gasteiger partial charge in [0.2, 0.25) is 0 Å². The summed E-state index contributed by atoms with van der Waals surface area (Å²) in [5, 5.41) is 4.75. The normalized spacial score (nSPS) is 15.5. The second kappa shape index (κ2) is 6.58. The van der Waals surface area contributed by atoms with E-state index in [4.69, 9.17) is 0 Å². The van der Waals surface area contributed by atoms with Gasteiger partial charge in [-0.3, -0.25) is 14.6 Å². The van der Waals surface area contributed by atoms with E-state index in [1.54, 1.807) is 18.5 Å². The van der Waals surface area contributed by atoms with E-state index in [-0.39, 0.29) is 22.0 Å². The largest absolute Gasteiger partial charge is 0.313 e. The molecule has 0 aliphatic heterocycles. The first-order valence-electron chi connectivity index (χ1n) is 8.63. The molecule has 0 radical (unpaired) electrons. The van der Waals surface area contributed by atoms with Gasteiger partial charge in [0.15, 0.2) is 0 Å². The summed E-state index contributed by atoms with van der Waals surface area (Å²) in [6.45, 7) is 0.566. The van der Waals surface area contributed by atoms with Crippen LogP contribution < -0.4 is 11.1 Å². The van der Waals surface area contributed by atoms with Gasteiger partial charge in [-0.2, -0.15) is 5.10 Å². The number of nitrogens with one attached hydrogen (secondary N) is 1. The van der Waals surface area contributed by atoms with E-state index >= 15 is 0 Å². The molecule has 7 nitrogen and oxygen atoms in total. The fourth-order valence-corrected chi connectivity index (χ4v) is 3.56. The van der Waals surface area contributed by atoms with E-state index in [1.165, 1.54) is 30.3 Å². The molecule has 0 bridgehead atoms. The van der Waals surface area contributed by atoms with Gasteiger partial charge in [-0.15, -0.1) is 0 Å². The van der Waals surface area contributed by atoms with Gasteiger partial charge in [0.1, 0.15) is 11.2 Å². The third kappa shape index (κ3) is 2.97. The lowest BCUT2D eigenvalue weighted by atomic mass is 9.89. The summed E-state index contributed by atoms with van der Waals surface area (Å²) in [5.41, 5.74) is 0.641. The Bertz CT molecular complexity index is 1000. The van der Waals surface area contributed by atoms with Gasteiger partial charge in [-0.05, 0) is 30.9 Å². The number of aromatic nitrogens is 5. The number of nitrogens with zero attached hydrogens (tertiary/aromatic N) is 4. The van der Waals surface area contributed by atoms with Crippen molar-refractivity contribution in [1.82, 2.24) is 24.7 Å². The van der Waals surface area contributed by atoms with Crippen molar-refractivity contribution >= 4 is 10.9 Å². The first kappa shape index (κ1) is 15.7. The van der Waals surface area contributed by atoms with Gasteiger partial charge >= 0.3 is 0 Å². The molecule has 1 fully saturated rings. The van der Waals surface area contributed by atoms with E-state index in [1.807, 2.05) is 6.07 Å². The highest BCUT2D eigenvalue weighted by Crippen LogP contribution is 2.25. The van der Waals surface area contributed by atoms with Crippen molar-refractivity contribution in [3.05, 3.63) is 51.6 Å². The van der Waals surface area contributed by atoms with Gasteiger partial charge in [-0.25, -0.2) is 9.67 Å². The Balaban J connectivity index is 1.91. The molecule has 1 aliphatic carbocycles. The first-order chi connectivity index (χ1) is 12.2. The van der Waals surface area contributed by atoms with Crippen molar-refractivity contribution in [2.45, 2.75) is 38.6 Å². The summed E-state index contributed by atoms with van der Waals surface area (Å²) in [6, 6.07) is 3.61. The second-order valence-electron chi connectivity index (χ2n) is 6.54. The molecule has 0 spiro atoms. The van der Waals surface area contributed by atoms with E-state index in [0.29, 0.717) is 23.7 Å². The zero-order valence-electron chi connectivity index (χ0n) is 13.8. The summed E-state index contributed by atoms with van der Waals surface area (Å²) >= 11 is 0. The molecule has 7 heteroatoms. The topological polar surface area (TPSA) is 93.5 Å². The molecule has 0 amide bonds. The Labute approximate surface area is 143 Å².